The zero-order chi connectivity index (χ0) is 15.7. The van der Waals surface area contributed by atoms with Crippen LogP contribution in [0, 0.1) is 11.8 Å². The summed E-state index contributed by atoms with van der Waals surface area (Å²) >= 11 is 0. The molecule has 21 heavy (non-hydrogen) atoms. The molecule has 0 aromatic carbocycles. The van der Waals surface area contributed by atoms with Crippen molar-refractivity contribution in [3.8, 4) is 0 Å². The van der Waals surface area contributed by atoms with Crippen molar-refractivity contribution in [3.63, 3.8) is 0 Å². The van der Waals surface area contributed by atoms with Crippen LogP contribution in [-0.4, -0.2) is 49.6 Å². The van der Waals surface area contributed by atoms with Crippen LogP contribution in [0.2, 0.25) is 0 Å². The fourth-order valence-corrected chi connectivity index (χ4v) is 2.91. The molecule has 0 saturated carbocycles. The summed E-state index contributed by atoms with van der Waals surface area (Å²) < 4.78 is 0. The summed E-state index contributed by atoms with van der Waals surface area (Å²) in [7, 11) is 0. The van der Waals surface area contributed by atoms with Crippen molar-refractivity contribution in [2.24, 2.45) is 11.8 Å². The Labute approximate surface area is 131 Å². The largest absolute Gasteiger partial charge is 0.355 e. The first-order chi connectivity index (χ1) is 10.0. The number of nitrogens with one attached hydrogen (secondary N) is 2. The Hall–Kier alpha value is -0.610. The number of amides is 1. The maximum atomic E-state index is 11.9. The molecule has 1 heterocycles. The van der Waals surface area contributed by atoms with E-state index in [1.54, 1.807) is 0 Å². The van der Waals surface area contributed by atoms with Gasteiger partial charge in [-0.1, -0.05) is 20.8 Å². The van der Waals surface area contributed by atoms with Crippen molar-refractivity contribution < 1.29 is 4.79 Å². The van der Waals surface area contributed by atoms with Crippen molar-refractivity contribution in [3.05, 3.63) is 0 Å². The zero-order valence-electron chi connectivity index (χ0n) is 14.5. The van der Waals surface area contributed by atoms with Crippen LogP contribution in [0.5, 0.6) is 0 Å². The van der Waals surface area contributed by atoms with Gasteiger partial charge in [0.05, 0.1) is 6.54 Å². The lowest BCUT2D eigenvalue weighted by Crippen LogP contribution is -2.45. The second-order valence-corrected chi connectivity index (χ2v) is 6.89. The minimum absolute atomic E-state index is 0.186. The van der Waals surface area contributed by atoms with Gasteiger partial charge in [-0.05, 0) is 64.1 Å². The maximum absolute atomic E-state index is 11.9. The maximum Gasteiger partial charge on any atom is 0.234 e. The first-order valence-corrected chi connectivity index (χ1v) is 8.75. The highest BCUT2D eigenvalue weighted by Crippen LogP contribution is 2.20. The van der Waals surface area contributed by atoms with Gasteiger partial charge in [0.2, 0.25) is 5.91 Å². The minimum atomic E-state index is 0.186. The Bertz CT molecular complexity index is 286. The molecule has 1 atom stereocenters. The molecular formula is C17H35N3O. The van der Waals surface area contributed by atoms with Crippen LogP contribution in [0.1, 0.15) is 53.4 Å². The quantitative estimate of drug-likeness (QED) is 0.686. The fourth-order valence-electron chi connectivity index (χ4n) is 2.91. The normalized spacial score (nSPS) is 18.9. The van der Waals surface area contributed by atoms with Gasteiger partial charge < -0.3 is 10.6 Å². The van der Waals surface area contributed by atoms with E-state index in [0.29, 0.717) is 18.5 Å². The van der Waals surface area contributed by atoms with Gasteiger partial charge in [0.25, 0.3) is 0 Å². The Kier molecular flexibility index (Phi) is 8.93. The number of hydrogen-bond acceptors (Lipinski definition) is 3. The molecule has 0 spiro atoms. The summed E-state index contributed by atoms with van der Waals surface area (Å²) in [5.74, 6) is 1.60. The van der Waals surface area contributed by atoms with Crippen molar-refractivity contribution in [2.45, 2.75) is 59.4 Å². The number of nitrogens with zero attached hydrogens (tertiary/aromatic N) is 1. The van der Waals surface area contributed by atoms with Crippen molar-refractivity contribution >= 4 is 5.91 Å². The monoisotopic (exact) mass is 297 g/mol. The molecule has 0 aliphatic carbocycles. The van der Waals surface area contributed by atoms with Gasteiger partial charge in [0.15, 0.2) is 0 Å². The molecule has 124 valence electrons. The predicted octanol–water partition coefficient (Wildman–Crippen LogP) is 2.25. The third-order valence-corrected chi connectivity index (χ3v) is 4.47. The van der Waals surface area contributed by atoms with E-state index in [4.69, 9.17) is 0 Å². The van der Waals surface area contributed by atoms with Gasteiger partial charge in [-0.25, -0.2) is 0 Å². The first-order valence-electron chi connectivity index (χ1n) is 8.75. The summed E-state index contributed by atoms with van der Waals surface area (Å²) in [4.78, 5) is 14.2. The minimum Gasteiger partial charge on any atom is -0.355 e. The van der Waals surface area contributed by atoms with E-state index < -0.39 is 0 Å². The van der Waals surface area contributed by atoms with Gasteiger partial charge in [0, 0.05) is 12.6 Å². The second kappa shape index (κ2) is 10.2. The van der Waals surface area contributed by atoms with Crippen molar-refractivity contribution in [2.75, 3.05) is 32.7 Å². The van der Waals surface area contributed by atoms with Gasteiger partial charge >= 0.3 is 0 Å². The van der Waals surface area contributed by atoms with Crippen molar-refractivity contribution in [1.29, 1.82) is 0 Å². The number of likely N-dealkylation sites (tertiary alicyclic amines) is 1. The summed E-state index contributed by atoms with van der Waals surface area (Å²) in [6.07, 6.45) is 4.67. The number of hydrogen-bond donors (Lipinski definition) is 2. The van der Waals surface area contributed by atoms with Crippen LogP contribution in [0.25, 0.3) is 0 Å². The average Bonchev–Trinajstić information content (AvgIpc) is 2.45. The van der Waals surface area contributed by atoms with E-state index >= 15 is 0 Å². The molecule has 0 bridgehead atoms. The summed E-state index contributed by atoms with van der Waals surface area (Å²) in [5, 5.41) is 6.63. The Morgan fingerprint density at radius 1 is 1.19 bits per heavy atom. The number of carbonyl (C=O) groups excluding carboxylic acids is 1. The van der Waals surface area contributed by atoms with Gasteiger partial charge in [-0.3, -0.25) is 9.69 Å². The summed E-state index contributed by atoms with van der Waals surface area (Å²) in [5.41, 5.74) is 0. The van der Waals surface area contributed by atoms with Gasteiger partial charge in [-0.15, -0.1) is 0 Å². The van der Waals surface area contributed by atoms with E-state index in [2.05, 4.69) is 43.2 Å². The lowest BCUT2D eigenvalue weighted by Gasteiger charge is -2.34. The van der Waals surface area contributed by atoms with Crippen molar-refractivity contribution in [1.82, 2.24) is 15.5 Å². The average molecular weight is 297 g/mol. The van der Waals surface area contributed by atoms with E-state index in [9.17, 15) is 4.79 Å². The molecule has 0 radical (unpaired) electrons. The van der Waals surface area contributed by atoms with Crippen LogP contribution >= 0.6 is 0 Å². The molecular weight excluding hydrogens is 262 g/mol. The number of piperidine rings is 1. The van der Waals surface area contributed by atoms with E-state index in [1.807, 2.05) is 0 Å². The van der Waals surface area contributed by atoms with Crippen LogP contribution in [0.3, 0.4) is 0 Å². The molecule has 0 aromatic rings. The van der Waals surface area contributed by atoms with Crippen LogP contribution in [-0.2, 0) is 4.79 Å². The molecule has 0 aromatic heterocycles. The molecule has 1 aliphatic heterocycles. The standard InChI is InChI=1S/C17H35N3O/c1-5-9-18-15(4)16-7-11-20(12-8-16)13-17(21)19-10-6-14(2)3/h14-16,18H,5-13H2,1-4H3,(H,19,21). The Morgan fingerprint density at radius 3 is 2.43 bits per heavy atom. The molecule has 1 amide bonds. The highest BCUT2D eigenvalue weighted by molar-refractivity contribution is 5.77. The molecule has 1 saturated heterocycles. The van der Waals surface area contributed by atoms with Gasteiger partial charge in [-0.2, -0.15) is 0 Å². The Morgan fingerprint density at radius 2 is 1.86 bits per heavy atom. The lowest BCUT2D eigenvalue weighted by molar-refractivity contribution is -0.122. The lowest BCUT2D eigenvalue weighted by atomic mass is 9.90. The Balaban J connectivity index is 2.16. The van der Waals surface area contributed by atoms with Crippen LogP contribution in [0.4, 0.5) is 0 Å². The molecule has 1 fully saturated rings. The topological polar surface area (TPSA) is 44.4 Å². The third kappa shape index (κ3) is 7.82. The smallest absolute Gasteiger partial charge is 0.234 e. The van der Waals surface area contributed by atoms with E-state index in [0.717, 1.165) is 38.5 Å². The molecule has 1 rings (SSSR count). The second-order valence-electron chi connectivity index (χ2n) is 6.89. The first kappa shape index (κ1) is 18.4. The third-order valence-electron chi connectivity index (χ3n) is 4.47. The fraction of sp³-hybridized carbons (Fsp3) is 0.941. The van der Waals surface area contributed by atoms with Crippen LogP contribution in [0.15, 0.2) is 0 Å². The molecule has 1 aliphatic rings. The predicted molar refractivity (Wildman–Crippen MR) is 89.4 cm³/mol. The highest BCUT2D eigenvalue weighted by atomic mass is 16.2. The number of rotatable bonds is 9. The summed E-state index contributed by atoms with van der Waals surface area (Å²) in [6, 6.07) is 0.604. The molecule has 1 unspecified atom stereocenters. The summed E-state index contributed by atoms with van der Waals surface area (Å²) in [6.45, 7) is 13.5. The van der Waals surface area contributed by atoms with Crippen LogP contribution < -0.4 is 10.6 Å². The van der Waals surface area contributed by atoms with Gasteiger partial charge in [0.1, 0.15) is 0 Å². The molecule has 4 heteroatoms. The molecule has 4 nitrogen and oxygen atoms in total. The SMILES string of the molecule is CCCNC(C)C1CCN(CC(=O)NCCC(C)C)CC1. The zero-order valence-corrected chi connectivity index (χ0v) is 14.5. The highest BCUT2D eigenvalue weighted by Gasteiger charge is 2.24. The molecule has 2 N–H and O–H groups in total. The van der Waals surface area contributed by atoms with E-state index in [-0.39, 0.29) is 5.91 Å². The number of carbonyl (C=O) groups is 1. The van der Waals surface area contributed by atoms with E-state index in [1.165, 1.54) is 19.3 Å².